The van der Waals surface area contributed by atoms with E-state index in [1.165, 1.54) is 6.92 Å². The highest BCUT2D eigenvalue weighted by Crippen LogP contribution is 2.31. The van der Waals surface area contributed by atoms with Gasteiger partial charge in [0, 0.05) is 12.8 Å². The fraction of sp³-hybridized carbons (Fsp3) is 0.909. The lowest BCUT2D eigenvalue weighted by molar-refractivity contribution is -0.195. The normalized spacial score (nSPS) is 41.3. The van der Waals surface area contributed by atoms with E-state index in [0.29, 0.717) is 0 Å². The first-order valence-electron chi connectivity index (χ1n) is 5.44. The molecule has 1 fully saturated rings. The molecule has 0 N–H and O–H groups in total. The summed E-state index contributed by atoms with van der Waals surface area (Å²) in [5, 5.41) is 0. The maximum atomic E-state index is 13.9. The van der Waals surface area contributed by atoms with Crippen molar-refractivity contribution in [1.29, 1.82) is 0 Å². The first-order chi connectivity index (χ1) is 6.97. The van der Waals surface area contributed by atoms with Gasteiger partial charge in [-0.15, -0.1) is 0 Å². The number of hydrogen-bond acceptors (Lipinski definition) is 3. The second kappa shape index (κ2) is 4.92. The topological polar surface area (TPSA) is 35.5 Å². The highest BCUT2D eigenvalue weighted by molar-refractivity contribution is 5.66. The second-order valence-corrected chi connectivity index (χ2v) is 4.17. The Hall–Kier alpha value is -0.640. The molecule has 0 saturated carbocycles. The van der Waals surface area contributed by atoms with Crippen molar-refractivity contribution < 1.29 is 18.7 Å². The van der Waals surface area contributed by atoms with Crippen molar-refractivity contribution in [3.05, 3.63) is 0 Å². The van der Waals surface area contributed by atoms with Crippen molar-refractivity contribution in [3.63, 3.8) is 0 Å². The van der Waals surface area contributed by atoms with Crippen LogP contribution in [0.25, 0.3) is 0 Å². The quantitative estimate of drug-likeness (QED) is 0.666. The Bertz CT molecular complexity index is 232. The maximum absolute atomic E-state index is 13.9. The van der Waals surface area contributed by atoms with E-state index < -0.39 is 18.2 Å². The van der Waals surface area contributed by atoms with Gasteiger partial charge >= 0.3 is 5.97 Å². The van der Waals surface area contributed by atoms with Crippen LogP contribution in [0.5, 0.6) is 0 Å². The summed E-state index contributed by atoms with van der Waals surface area (Å²) in [7, 11) is 0. The third-order valence-corrected chi connectivity index (χ3v) is 2.96. The van der Waals surface area contributed by atoms with Gasteiger partial charge in [0.05, 0.1) is 12.2 Å². The molecule has 0 radical (unpaired) electrons. The average Bonchev–Trinajstić information content (AvgIpc) is 2.18. The summed E-state index contributed by atoms with van der Waals surface area (Å²) >= 11 is 0. The van der Waals surface area contributed by atoms with Crippen molar-refractivity contribution >= 4 is 5.97 Å². The van der Waals surface area contributed by atoms with Gasteiger partial charge in [-0.3, -0.25) is 4.79 Å². The standard InChI is InChI=1S/C11H19FO3/c1-5-9-6(2)10(12)11(7(3)14-9)15-8(4)13/h6-7,9-11H,5H2,1-4H3. The molecule has 0 aromatic heterocycles. The summed E-state index contributed by atoms with van der Waals surface area (Å²) in [5.74, 6) is -0.684. The zero-order chi connectivity index (χ0) is 11.6. The van der Waals surface area contributed by atoms with E-state index in [0.717, 1.165) is 6.42 Å². The Balaban J connectivity index is 2.70. The summed E-state index contributed by atoms with van der Waals surface area (Å²) in [5.41, 5.74) is 0. The molecule has 5 unspecified atom stereocenters. The molecule has 88 valence electrons. The number of carbonyl (C=O) groups excluding carboxylic acids is 1. The van der Waals surface area contributed by atoms with Crippen LogP contribution in [0.1, 0.15) is 34.1 Å². The van der Waals surface area contributed by atoms with E-state index in [-0.39, 0.29) is 18.1 Å². The van der Waals surface area contributed by atoms with Crippen LogP contribution < -0.4 is 0 Å². The molecule has 1 rings (SSSR count). The zero-order valence-electron chi connectivity index (χ0n) is 9.70. The van der Waals surface area contributed by atoms with E-state index in [1.807, 2.05) is 6.92 Å². The first-order valence-corrected chi connectivity index (χ1v) is 5.44. The van der Waals surface area contributed by atoms with Gasteiger partial charge < -0.3 is 9.47 Å². The lowest BCUT2D eigenvalue weighted by Crippen LogP contribution is -2.52. The molecule has 0 spiro atoms. The van der Waals surface area contributed by atoms with Crippen molar-refractivity contribution in [2.45, 2.75) is 58.6 Å². The summed E-state index contributed by atoms with van der Waals surface area (Å²) in [6.07, 6.45) is -1.58. The lowest BCUT2D eigenvalue weighted by atomic mass is 9.88. The predicted octanol–water partition coefficient (Wildman–Crippen LogP) is 2.09. The molecule has 4 heteroatoms. The van der Waals surface area contributed by atoms with Crippen molar-refractivity contribution in [2.75, 3.05) is 0 Å². The van der Waals surface area contributed by atoms with E-state index in [2.05, 4.69) is 0 Å². The van der Waals surface area contributed by atoms with Gasteiger partial charge in [-0.05, 0) is 13.3 Å². The Morgan fingerprint density at radius 3 is 2.53 bits per heavy atom. The molecule has 15 heavy (non-hydrogen) atoms. The number of hydrogen-bond donors (Lipinski definition) is 0. The summed E-state index contributed by atoms with van der Waals surface area (Å²) < 4.78 is 24.5. The van der Waals surface area contributed by atoms with Gasteiger partial charge in [0.25, 0.3) is 0 Å². The minimum atomic E-state index is -1.14. The Kier molecular flexibility index (Phi) is 4.08. The average molecular weight is 218 g/mol. The number of esters is 1. The van der Waals surface area contributed by atoms with E-state index in [4.69, 9.17) is 9.47 Å². The fourth-order valence-electron chi connectivity index (χ4n) is 2.06. The van der Waals surface area contributed by atoms with Crippen LogP contribution in [-0.2, 0) is 14.3 Å². The Morgan fingerprint density at radius 2 is 2.07 bits per heavy atom. The summed E-state index contributed by atoms with van der Waals surface area (Å²) in [6.45, 7) is 6.79. The predicted molar refractivity (Wildman–Crippen MR) is 54.2 cm³/mol. The monoisotopic (exact) mass is 218 g/mol. The van der Waals surface area contributed by atoms with Crippen LogP contribution in [-0.4, -0.2) is 30.5 Å². The van der Waals surface area contributed by atoms with Crippen LogP contribution in [0.2, 0.25) is 0 Å². The van der Waals surface area contributed by atoms with Crippen molar-refractivity contribution in [1.82, 2.24) is 0 Å². The molecule has 5 atom stereocenters. The number of halogens is 1. The third-order valence-electron chi connectivity index (χ3n) is 2.96. The molecule has 1 aliphatic rings. The minimum absolute atomic E-state index is 0.0817. The van der Waals surface area contributed by atoms with Gasteiger partial charge in [-0.25, -0.2) is 4.39 Å². The van der Waals surface area contributed by atoms with Gasteiger partial charge in [-0.2, -0.15) is 0 Å². The molecular formula is C11H19FO3. The molecule has 0 aromatic rings. The van der Waals surface area contributed by atoms with Crippen molar-refractivity contribution in [2.24, 2.45) is 5.92 Å². The molecular weight excluding hydrogens is 199 g/mol. The van der Waals surface area contributed by atoms with Gasteiger partial charge in [-0.1, -0.05) is 13.8 Å². The number of rotatable bonds is 2. The van der Waals surface area contributed by atoms with Gasteiger partial charge in [0.15, 0.2) is 6.10 Å². The van der Waals surface area contributed by atoms with Crippen LogP contribution in [0.15, 0.2) is 0 Å². The van der Waals surface area contributed by atoms with Gasteiger partial charge in [0.2, 0.25) is 0 Å². The SMILES string of the molecule is CCC1OC(C)C(OC(C)=O)C(F)C1C. The second-order valence-electron chi connectivity index (χ2n) is 4.17. The Morgan fingerprint density at radius 1 is 1.47 bits per heavy atom. The highest BCUT2D eigenvalue weighted by Gasteiger charge is 2.43. The smallest absolute Gasteiger partial charge is 0.303 e. The van der Waals surface area contributed by atoms with E-state index >= 15 is 0 Å². The summed E-state index contributed by atoms with van der Waals surface area (Å²) in [4.78, 5) is 10.8. The number of alkyl halides is 1. The summed E-state index contributed by atoms with van der Waals surface area (Å²) in [6, 6.07) is 0. The van der Waals surface area contributed by atoms with E-state index in [9.17, 15) is 9.18 Å². The molecule has 0 bridgehead atoms. The molecule has 3 nitrogen and oxygen atoms in total. The van der Waals surface area contributed by atoms with Crippen LogP contribution in [0.3, 0.4) is 0 Å². The lowest BCUT2D eigenvalue weighted by Gasteiger charge is -2.40. The number of carbonyl (C=O) groups is 1. The number of ether oxygens (including phenoxy) is 2. The van der Waals surface area contributed by atoms with Crippen LogP contribution in [0, 0.1) is 5.92 Å². The minimum Gasteiger partial charge on any atom is -0.457 e. The molecule has 0 aromatic carbocycles. The molecule has 1 saturated heterocycles. The molecule has 1 aliphatic heterocycles. The third kappa shape index (κ3) is 2.68. The van der Waals surface area contributed by atoms with Crippen LogP contribution >= 0.6 is 0 Å². The molecule has 0 amide bonds. The maximum Gasteiger partial charge on any atom is 0.303 e. The van der Waals surface area contributed by atoms with E-state index in [1.54, 1.807) is 13.8 Å². The largest absolute Gasteiger partial charge is 0.457 e. The highest BCUT2D eigenvalue weighted by atomic mass is 19.1. The van der Waals surface area contributed by atoms with Gasteiger partial charge in [0.1, 0.15) is 6.17 Å². The molecule has 1 heterocycles. The van der Waals surface area contributed by atoms with Crippen LogP contribution in [0.4, 0.5) is 4.39 Å². The zero-order valence-corrected chi connectivity index (χ0v) is 9.70. The first kappa shape index (κ1) is 12.4. The fourth-order valence-corrected chi connectivity index (χ4v) is 2.06. The Labute approximate surface area is 89.9 Å². The molecule has 0 aliphatic carbocycles. The van der Waals surface area contributed by atoms with Crippen molar-refractivity contribution in [3.8, 4) is 0 Å².